The molecule has 0 unspecified atom stereocenters. The molecule has 0 radical (unpaired) electrons. The van der Waals surface area contributed by atoms with Gasteiger partial charge in [0.1, 0.15) is 4.90 Å². The van der Waals surface area contributed by atoms with E-state index in [-0.39, 0.29) is 12.4 Å². The lowest BCUT2D eigenvalue weighted by Crippen LogP contribution is -1.99. The molecule has 1 rings (SSSR count). The van der Waals surface area contributed by atoms with Gasteiger partial charge in [-0.25, -0.2) is 0 Å². The lowest BCUT2D eigenvalue weighted by atomic mass is 10.5. The van der Waals surface area contributed by atoms with Gasteiger partial charge < -0.3 is 10.1 Å². The van der Waals surface area contributed by atoms with Crippen LogP contribution in [0.1, 0.15) is 0 Å². The van der Waals surface area contributed by atoms with Crippen molar-refractivity contribution in [1.82, 2.24) is 4.98 Å². The van der Waals surface area contributed by atoms with Crippen LogP contribution in [0.4, 0.5) is 5.82 Å². The van der Waals surface area contributed by atoms with Gasteiger partial charge in [-0.1, -0.05) is 0 Å². The van der Waals surface area contributed by atoms with Crippen molar-refractivity contribution < 1.29 is 17.9 Å². The summed E-state index contributed by atoms with van der Waals surface area (Å²) in [4.78, 5) is 12.1. The van der Waals surface area contributed by atoms with E-state index in [0.717, 1.165) is 12.1 Å². The Bertz CT molecular complexity index is 428. The van der Waals surface area contributed by atoms with Crippen LogP contribution in [-0.2, 0) is 10.1 Å². The fourth-order valence-corrected chi connectivity index (χ4v) is 1.06. The maximum Gasteiger partial charge on any atom is 0.363 e. The highest BCUT2D eigenvalue weighted by molar-refractivity contribution is 7.85. The summed E-state index contributed by atoms with van der Waals surface area (Å²) in [5.41, 5.74) is 0. The molecule has 1 N–H and O–H groups in total. The Hall–Kier alpha value is -1.25. The van der Waals surface area contributed by atoms with E-state index in [1.165, 1.54) is 0 Å². The summed E-state index contributed by atoms with van der Waals surface area (Å²) in [5.74, 6) is -0.479. The quantitative estimate of drug-likeness (QED) is 0.462. The summed E-state index contributed by atoms with van der Waals surface area (Å²) in [6.07, 6.45) is 0.716. The molecular formula is C5H5ClN2O5S. The van der Waals surface area contributed by atoms with Crippen LogP contribution in [0, 0.1) is 10.1 Å². The first-order valence-electron chi connectivity index (χ1n) is 2.99. The standard InChI is InChI=1S/C5H4N2O5S.ClH/c8-7(9)5-2-1-4(3-6-5)13(10,11)12;/h1-3H,(H,10,11,12);1H. The number of aromatic nitrogens is 1. The largest absolute Gasteiger partial charge is 0.363 e. The molecule has 0 atom stereocenters. The number of hydrogen-bond acceptors (Lipinski definition) is 5. The molecule has 1 aromatic heterocycles. The lowest BCUT2D eigenvalue weighted by Gasteiger charge is -1.93. The van der Waals surface area contributed by atoms with E-state index in [1.807, 2.05) is 0 Å². The third kappa shape index (κ3) is 2.91. The second-order valence-electron chi connectivity index (χ2n) is 2.08. The van der Waals surface area contributed by atoms with Crippen LogP contribution in [0.15, 0.2) is 23.2 Å². The fourth-order valence-electron chi connectivity index (χ4n) is 0.633. The SMILES string of the molecule is Cl.O=[N+]([O-])c1ccc(S(=O)(=O)O)cn1. The van der Waals surface area contributed by atoms with Crippen LogP contribution >= 0.6 is 12.4 Å². The molecule has 0 aromatic carbocycles. The Kier molecular flexibility index (Phi) is 3.93. The molecule has 14 heavy (non-hydrogen) atoms. The monoisotopic (exact) mass is 240 g/mol. The van der Waals surface area contributed by atoms with Gasteiger partial charge >= 0.3 is 5.82 Å². The average Bonchev–Trinajstić information content (AvgIpc) is 2.03. The maximum absolute atomic E-state index is 10.5. The minimum atomic E-state index is -4.33. The zero-order valence-corrected chi connectivity index (χ0v) is 8.16. The Morgan fingerprint density at radius 1 is 1.43 bits per heavy atom. The molecule has 1 aromatic rings. The molecule has 0 aliphatic heterocycles. The second kappa shape index (κ2) is 4.31. The molecule has 9 heteroatoms. The molecule has 0 aliphatic carbocycles. The zero-order chi connectivity index (χ0) is 10.1. The van der Waals surface area contributed by atoms with Crippen molar-refractivity contribution in [3.63, 3.8) is 0 Å². The molecule has 7 nitrogen and oxygen atoms in total. The predicted molar refractivity (Wildman–Crippen MR) is 48.0 cm³/mol. The van der Waals surface area contributed by atoms with Gasteiger partial charge in [0, 0.05) is 6.07 Å². The van der Waals surface area contributed by atoms with Crippen molar-refractivity contribution in [3.05, 3.63) is 28.4 Å². The van der Waals surface area contributed by atoms with Gasteiger partial charge in [0.2, 0.25) is 0 Å². The Morgan fingerprint density at radius 3 is 2.29 bits per heavy atom. The Balaban J connectivity index is 0.00000169. The predicted octanol–water partition coefficient (Wildman–Crippen LogP) is 0.658. The van der Waals surface area contributed by atoms with E-state index in [4.69, 9.17) is 4.55 Å². The number of pyridine rings is 1. The highest BCUT2D eigenvalue weighted by Crippen LogP contribution is 2.11. The van der Waals surface area contributed by atoms with E-state index in [2.05, 4.69) is 4.98 Å². The van der Waals surface area contributed by atoms with Crippen LogP contribution in [-0.4, -0.2) is 22.9 Å². The van der Waals surface area contributed by atoms with Crippen molar-refractivity contribution >= 4 is 28.3 Å². The first kappa shape index (κ1) is 12.8. The maximum atomic E-state index is 10.5. The van der Waals surface area contributed by atoms with Crippen molar-refractivity contribution in [2.24, 2.45) is 0 Å². The summed E-state index contributed by atoms with van der Waals surface area (Å²) in [7, 11) is -4.33. The van der Waals surface area contributed by atoms with Gasteiger partial charge in [0.05, 0.1) is 0 Å². The topological polar surface area (TPSA) is 110 Å². The van der Waals surface area contributed by atoms with Crippen LogP contribution in [0.3, 0.4) is 0 Å². The fraction of sp³-hybridized carbons (Fsp3) is 0. The van der Waals surface area contributed by atoms with E-state index in [1.54, 1.807) is 0 Å². The van der Waals surface area contributed by atoms with Crippen molar-refractivity contribution in [2.45, 2.75) is 4.90 Å². The summed E-state index contributed by atoms with van der Waals surface area (Å²) in [6.45, 7) is 0. The summed E-state index contributed by atoms with van der Waals surface area (Å²) < 4.78 is 29.4. The smallest absolute Gasteiger partial charge is 0.358 e. The Labute approximate surface area is 85.1 Å². The lowest BCUT2D eigenvalue weighted by molar-refractivity contribution is -0.389. The van der Waals surface area contributed by atoms with Gasteiger partial charge in [-0.3, -0.25) is 4.55 Å². The molecule has 0 saturated heterocycles. The van der Waals surface area contributed by atoms with Gasteiger partial charge in [0.15, 0.2) is 6.20 Å². The minimum absolute atomic E-state index is 0. The van der Waals surface area contributed by atoms with Crippen LogP contribution in [0.25, 0.3) is 0 Å². The van der Waals surface area contributed by atoms with Crippen LogP contribution in [0.2, 0.25) is 0 Å². The second-order valence-corrected chi connectivity index (χ2v) is 3.51. The molecule has 0 amide bonds. The van der Waals surface area contributed by atoms with Crippen LogP contribution < -0.4 is 0 Å². The van der Waals surface area contributed by atoms with E-state index in [9.17, 15) is 18.5 Å². The van der Waals surface area contributed by atoms with Crippen LogP contribution in [0.5, 0.6) is 0 Å². The summed E-state index contributed by atoms with van der Waals surface area (Å²) in [5, 5.41) is 10.1. The molecule has 0 spiro atoms. The highest BCUT2D eigenvalue weighted by atomic mass is 35.5. The number of hydrogen-bond donors (Lipinski definition) is 1. The van der Waals surface area contributed by atoms with Crippen molar-refractivity contribution in [1.29, 1.82) is 0 Å². The van der Waals surface area contributed by atoms with Gasteiger partial charge in [-0.2, -0.15) is 8.42 Å². The number of nitrogens with zero attached hydrogens (tertiary/aromatic N) is 2. The summed E-state index contributed by atoms with van der Waals surface area (Å²) >= 11 is 0. The van der Waals surface area contributed by atoms with Crippen molar-refractivity contribution in [2.75, 3.05) is 0 Å². The van der Waals surface area contributed by atoms with Crippen molar-refractivity contribution in [3.8, 4) is 0 Å². The number of rotatable bonds is 2. The Morgan fingerprint density at radius 2 is 2.00 bits per heavy atom. The van der Waals surface area contributed by atoms with E-state index in [0.29, 0.717) is 6.20 Å². The van der Waals surface area contributed by atoms with E-state index < -0.39 is 25.8 Å². The molecular weight excluding hydrogens is 236 g/mol. The average molecular weight is 241 g/mol. The molecule has 0 saturated carbocycles. The third-order valence-corrected chi connectivity index (χ3v) is 2.04. The minimum Gasteiger partial charge on any atom is -0.358 e. The zero-order valence-electron chi connectivity index (χ0n) is 6.52. The first-order valence-corrected chi connectivity index (χ1v) is 4.43. The molecule has 1 heterocycles. The molecule has 0 aliphatic rings. The number of halogens is 1. The normalized spacial score (nSPS) is 10.4. The molecule has 0 bridgehead atoms. The number of nitro groups is 1. The van der Waals surface area contributed by atoms with E-state index >= 15 is 0 Å². The van der Waals surface area contributed by atoms with Gasteiger partial charge in [-0.05, 0) is 16.0 Å². The van der Waals surface area contributed by atoms with Gasteiger partial charge in [0.25, 0.3) is 10.1 Å². The third-order valence-electron chi connectivity index (χ3n) is 1.21. The molecule has 0 fully saturated rings. The van der Waals surface area contributed by atoms with Gasteiger partial charge in [-0.15, -0.1) is 12.4 Å². The first-order chi connectivity index (χ1) is 5.91. The highest BCUT2D eigenvalue weighted by Gasteiger charge is 2.14. The molecule has 78 valence electrons. The summed E-state index contributed by atoms with van der Waals surface area (Å²) in [6, 6.07) is 1.80.